The van der Waals surface area contributed by atoms with Crippen LogP contribution in [0.1, 0.15) is 38.5 Å². The predicted molar refractivity (Wildman–Crippen MR) is 67.4 cm³/mol. The summed E-state index contributed by atoms with van der Waals surface area (Å²) in [6.07, 6.45) is 7.32. The van der Waals surface area contributed by atoms with E-state index < -0.39 is 0 Å². The fourth-order valence-corrected chi connectivity index (χ4v) is 2.11. The standard InChI is InChI=1S/C11H16ClN5/c12-9-15-10(13-7-3-1-4-7)17-11(16-9)14-8-5-2-6-8/h7-8H,1-6H2,(H2,13,14,15,16,17). The average Bonchev–Trinajstić information content (AvgIpc) is 2.17. The fourth-order valence-electron chi connectivity index (χ4n) is 1.95. The van der Waals surface area contributed by atoms with E-state index in [0.29, 0.717) is 24.0 Å². The third-order valence-electron chi connectivity index (χ3n) is 3.48. The van der Waals surface area contributed by atoms with Gasteiger partial charge in [-0.2, -0.15) is 15.0 Å². The van der Waals surface area contributed by atoms with Gasteiger partial charge < -0.3 is 10.6 Å². The lowest BCUT2D eigenvalue weighted by Crippen LogP contribution is -2.30. The minimum absolute atomic E-state index is 0.253. The lowest BCUT2D eigenvalue weighted by molar-refractivity contribution is 0.440. The van der Waals surface area contributed by atoms with Crippen LogP contribution in [0.15, 0.2) is 0 Å². The SMILES string of the molecule is Clc1nc(NC2CCC2)nc(NC2CCC2)n1. The summed E-state index contributed by atoms with van der Waals surface area (Å²) in [6.45, 7) is 0. The number of aromatic nitrogens is 3. The van der Waals surface area contributed by atoms with Crippen LogP contribution in [0.3, 0.4) is 0 Å². The van der Waals surface area contributed by atoms with Gasteiger partial charge in [-0.1, -0.05) is 0 Å². The number of nitrogens with zero attached hydrogens (tertiary/aromatic N) is 3. The highest BCUT2D eigenvalue weighted by Gasteiger charge is 2.21. The maximum Gasteiger partial charge on any atom is 0.229 e. The van der Waals surface area contributed by atoms with Crippen molar-refractivity contribution in [3.8, 4) is 0 Å². The van der Waals surface area contributed by atoms with E-state index in [-0.39, 0.29) is 5.28 Å². The molecule has 0 amide bonds. The van der Waals surface area contributed by atoms with Gasteiger partial charge in [0, 0.05) is 12.1 Å². The minimum Gasteiger partial charge on any atom is -0.351 e. The molecule has 0 bridgehead atoms. The lowest BCUT2D eigenvalue weighted by Gasteiger charge is -2.28. The van der Waals surface area contributed by atoms with Gasteiger partial charge in [-0.15, -0.1) is 0 Å². The highest BCUT2D eigenvalue weighted by molar-refractivity contribution is 6.28. The van der Waals surface area contributed by atoms with Crippen molar-refractivity contribution in [1.29, 1.82) is 0 Å². The zero-order valence-electron chi connectivity index (χ0n) is 9.62. The van der Waals surface area contributed by atoms with Crippen molar-refractivity contribution in [3.05, 3.63) is 5.28 Å². The van der Waals surface area contributed by atoms with E-state index in [1.807, 2.05) is 0 Å². The number of rotatable bonds is 4. The second kappa shape index (κ2) is 4.64. The number of halogens is 1. The van der Waals surface area contributed by atoms with E-state index >= 15 is 0 Å². The molecule has 0 spiro atoms. The number of hydrogen-bond acceptors (Lipinski definition) is 5. The molecule has 2 fully saturated rings. The van der Waals surface area contributed by atoms with Crippen molar-refractivity contribution in [2.45, 2.75) is 50.6 Å². The molecule has 0 unspecified atom stereocenters. The maximum atomic E-state index is 5.90. The van der Waals surface area contributed by atoms with E-state index in [9.17, 15) is 0 Å². The number of nitrogens with one attached hydrogen (secondary N) is 2. The van der Waals surface area contributed by atoms with Crippen molar-refractivity contribution in [3.63, 3.8) is 0 Å². The molecule has 3 rings (SSSR count). The Morgan fingerprint density at radius 3 is 1.65 bits per heavy atom. The molecular formula is C11H16ClN5. The summed E-state index contributed by atoms with van der Waals surface area (Å²) >= 11 is 5.90. The van der Waals surface area contributed by atoms with Crippen molar-refractivity contribution >= 4 is 23.5 Å². The zero-order chi connectivity index (χ0) is 11.7. The first kappa shape index (κ1) is 11.0. The smallest absolute Gasteiger partial charge is 0.229 e. The summed E-state index contributed by atoms with van der Waals surface area (Å²) in [5.74, 6) is 1.19. The molecule has 2 aliphatic carbocycles. The fraction of sp³-hybridized carbons (Fsp3) is 0.727. The van der Waals surface area contributed by atoms with Crippen LogP contribution in [-0.2, 0) is 0 Å². The zero-order valence-corrected chi connectivity index (χ0v) is 10.4. The Balaban J connectivity index is 1.68. The summed E-state index contributed by atoms with van der Waals surface area (Å²) in [6, 6.07) is 1.01. The van der Waals surface area contributed by atoms with E-state index in [2.05, 4.69) is 25.6 Å². The van der Waals surface area contributed by atoms with Crippen molar-refractivity contribution in [1.82, 2.24) is 15.0 Å². The molecule has 1 aromatic heterocycles. The van der Waals surface area contributed by atoms with Gasteiger partial charge in [0.2, 0.25) is 17.2 Å². The predicted octanol–water partition coefficient (Wildman–Crippen LogP) is 2.45. The Labute approximate surface area is 105 Å². The van der Waals surface area contributed by atoms with Crippen LogP contribution in [0.25, 0.3) is 0 Å². The molecule has 0 saturated heterocycles. The molecule has 5 nitrogen and oxygen atoms in total. The van der Waals surface area contributed by atoms with E-state index in [1.54, 1.807) is 0 Å². The highest BCUT2D eigenvalue weighted by Crippen LogP contribution is 2.24. The quantitative estimate of drug-likeness (QED) is 0.863. The van der Waals surface area contributed by atoms with Crippen LogP contribution in [0, 0.1) is 0 Å². The minimum atomic E-state index is 0.253. The van der Waals surface area contributed by atoms with Gasteiger partial charge in [0.1, 0.15) is 0 Å². The van der Waals surface area contributed by atoms with Crippen LogP contribution in [-0.4, -0.2) is 27.0 Å². The number of anilines is 2. The van der Waals surface area contributed by atoms with Gasteiger partial charge >= 0.3 is 0 Å². The third-order valence-corrected chi connectivity index (χ3v) is 3.65. The molecule has 1 aromatic rings. The Bertz CT molecular complexity index is 369. The Morgan fingerprint density at radius 2 is 1.29 bits per heavy atom. The van der Waals surface area contributed by atoms with Crippen LogP contribution in [0.4, 0.5) is 11.9 Å². The molecule has 2 saturated carbocycles. The molecule has 2 aliphatic rings. The van der Waals surface area contributed by atoms with Crippen molar-refractivity contribution < 1.29 is 0 Å². The third kappa shape index (κ3) is 2.60. The van der Waals surface area contributed by atoms with Gasteiger partial charge in [-0.05, 0) is 50.1 Å². The summed E-state index contributed by atoms with van der Waals surface area (Å²) in [5.41, 5.74) is 0. The number of hydrogen-bond donors (Lipinski definition) is 2. The monoisotopic (exact) mass is 253 g/mol. The van der Waals surface area contributed by atoms with Crippen LogP contribution in [0.5, 0.6) is 0 Å². The topological polar surface area (TPSA) is 62.7 Å². The second-order valence-corrected chi connectivity index (χ2v) is 5.13. The van der Waals surface area contributed by atoms with Gasteiger partial charge in [0.15, 0.2) is 0 Å². The maximum absolute atomic E-state index is 5.90. The van der Waals surface area contributed by atoms with Crippen molar-refractivity contribution in [2.24, 2.45) is 0 Å². The second-order valence-electron chi connectivity index (χ2n) is 4.80. The molecule has 92 valence electrons. The molecule has 1 heterocycles. The van der Waals surface area contributed by atoms with Crippen molar-refractivity contribution in [2.75, 3.05) is 10.6 Å². The summed E-state index contributed by atoms with van der Waals surface area (Å²) in [4.78, 5) is 12.5. The first-order valence-corrected chi connectivity index (χ1v) is 6.62. The molecule has 0 aliphatic heterocycles. The molecule has 0 atom stereocenters. The van der Waals surface area contributed by atoms with Crippen LogP contribution >= 0.6 is 11.6 Å². The van der Waals surface area contributed by atoms with Gasteiger partial charge in [-0.3, -0.25) is 0 Å². The summed E-state index contributed by atoms with van der Waals surface area (Å²) < 4.78 is 0. The van der Waals surface area contributed by atoms with E-state index in [1.165, 1.54) is 38.5 Å². The van der Waals surface area contributed by atoms with Gasteiger partial charge in [0.05, 0.1) is 0 Å². The molecule has 6 heteroatoms. The van der Waals surface area contributed by atoms with Gasteiger partial charge in [0.25, 0.3) is 0 Å². The van der Waals surface area contributed by atoms with E-state index in [0.717, 1.165) is 0 Å². The first-order chi connectivity index (χ1) is 8.29. The Morgan fingerprint density at radius 1 is 0.824 bits per heavy atom. The average molecular weight is 254 g/mol. The molecule has 0 radical (unpaired) electrons. The van der Waals surface area contributed by atoms with Gasteiger partial charge in [-0.25, -0.2) is 0 Å². The van der Waals surface area contributed by atoms with Crippen LogP contribution < -0.4 is 10.6 Å². The first-order valence-electron chi connectivity index (χ1n) is 6.24. The summed E-state index contributed by atoms with van der Waals surface area (Å²) in [7, 11) is 0. The molecule has 2 N–H and O–H groups in total. The normalized spacial score (nSPS) is 20.5. The molecular weight excluding hydrogens is 238 g/mol. The van der Waals surface area contributed by atoms with E-state index in [4.69, 9.17) is 11.6 Å². The Kier molecular flexibility index (Phi) is 3.01. The highest BCUT2D eigenvalue weighted by atomic mass is 35.5. The molecule has 17 heavy (non-hydrogen) atoms. The summed E-state index contributed by atoms with van der Waals surface area (Å²) in [5, 5.41) is 6.82. The Hall–Kier alpha value is -1.10. The molecule has 0 aromatic carbocycles. The lowest BCUT2D eigenvalue weighted by atomic mass is 9.93. The van der Waals surface area contributed by atoms with Crippen LogP contribution in [0.2, 0.25) is 5.28 Å². The largest absolute Gasteiger partial charge is 0.351 e.